The van der Waals surface area contributed by atoms with E-state index >= 15 is 0 Å². The van der Waals surface area contributed by atoms with Crippen molar-refractivity contribution in [3.63, 3.8) is 0 Å². The van der Waals surface area contributed by atoms with Crippen molar-refractivity contribution in [2.24, 2.45) is 5.73 Å². The standard InChI is InChI=1S/C11H15BrN4O2/c1-7-9(16(17)18)6-14-11(10(7)12)15-4-2-8(13)3-5-15/h6,8H,2-5,13H2,1H3. The molecule has 1 fully saturated rings. The van der Waals surface area contributed by atoms with Crippen LogP contribution < -0.4 is 10.6 Å². The zero-order valence-corrected chi connectivity index (χ0v) is 11.7. The van der Waals surface area contributed by atoms with E-state index in [1.165, 1.54) is 6.20 Å². The smallest absolute Gasteiger partial charge is 0.291 e. The number of hydrogen-bond acceptors (Lipinski definition) is 5. The molecule has 0 bridgehead atoms. The zero-order chi connectivity index (χ0) is 13.3. The van der Waals surface area contributed by atoms with Crippen molar-refractivity contribution in [3.8, 4) is 0 Å². The third-order valence-corrected chi connectivity index (χ3v) is 4.20. The van der Waals surface area contributed by atoms with Crippen LogP contribution in [0.4, 0.5) is 11.5 Å². The summed E-state index contributed by atoms with van der Waals surface area (Å²) in [4.78, 5) is 16.7. The number of hydrogen-bond donors (Lipinski definition) is 1. The summed E-state index contributed by atoms with van der Waals surface area (Å²) in [5.74, 6) is 0.769. The predicted octanol–water partition coefficient (Wildman–Crippen LogP) is 1.99. The molecule has 2 N–H and O–H groups in total. The molecular formula is C11H15BrN4O2. The fourth-order valence-corrected chi connectivity index (χ4v) is 2.63. The maximum atomic E-state index is 10.8. The van der Waals surface area contributed by atoms with E-state index in [1.807, 2.05) is 0 Å². The molecule has 2 heterocycles. The van der Waals surface area contributed by atoms with E-state index in [2.05, 4.69) is 25.8 Å². The third kappa shape index (κ3) is 2.46. The van der Waals surface area contributed by atoms with Crippen molar-refractivity contribution < 1.29 is 4.92 Å². The number of anilines is 1. The second-order valence-corrected chi connectivity index (χ2v) is 5.28. The number of halogens is 1. The maximum absolute atomic E-state index is 10.8. The summed E-state index contributed by atoms with van der Waals surface area (Å²) in [5, 5.41) is 10.8. The number of pyridine rings is 1. The third-order valence-electron chi connectivity index (χ3n) is 3.25. The molecule has 6 nitrogen and oxygen atoms in total. The van der Waals surface area contributed by atoms with Crippen LogP contribution in [0, 0.1) is 17.0 Å². The van der Waals surface area contributed by atoms with Crippen LogP contribution in [-0.2, 0) is 0 Å². The Morgan fingerprint density at radius 2 is 2.17 bits per heavy atom. The fourth-order valence-electron chi connectivity index (χ4n) is 2.07. The Kier molecular flexibility index (Phi) is 3.82. The summed E-state index contributed by atoms with van der Waals surface area (Å²) >= 11 is 3.41. The molecule has 0 spiro atoms. The molecule has 98 valence electrons. The van der Waals surface area contributed by atoms with E-state index in [0.29, 0.717) is 10.0 Å². The lowest BCUT2D eigenvalue weighted by atomic mass is 10.1. The predicted molar refractivity (Wildman–Crippen MR) is 72.8 cm³/mol. The molecule has 0 saturated carbocycles. The minimum absolute atomic E-state index is 0.0411. The Bertz CT molecular complexity index is 472. The zero-order valence-electron chi connectivity index (χ0n) is 10.1. The monoisotopic (exact) mass is 314 g/mol. The normalized spacial score (nSPS) is 16.9. The average molecular weight is 315 g/mol. The first kappa shape index (κ1) is 13.2. The summed E-state index contributed by atoms with van der Waals surface area (Å²) in [6, 6.07) is 0.249. The lowest BCUT2D eigenvalue weighted by Gasteiger charge is -2.31. The Labute approximate surface area is 113 Å². The molecule has 0 amide bonds. The largest absolute Gasteiger partial charge is 0.356 e. The van der Waals surface area contributed by atoms with Gasteiger partial charge in [0.05, 0.1) is 9.40 Å². The van der Waals surface area contributed by atoms with Gasteiger partial charge in [-0.2, -0.15) is 0 Å². The van der Waals surface area contributed by atoms with Crippen LogP contribution in [-0.4, -0.2) is 29.0 Å². The Morgan fingerprint density at radius 1 is 1.56 bits per heavy atom. The summed E-state index contributed by atoms with van der Waals surface area (Å²) in [5.41, 5.74) is 6.51. The molecule has 0 atom stereocenters. The number of piperidine rings is 1. The van der Waals surface area contributed by atoms with Crippen LogP contribution in [0.25, 0.3) is 0 Å². The molecule has 0 aliphatic carbocycles. The molecule has 7 heteroatoms. The van der Waals surface area contributed by atoms with Crippen molar-refractivity contribution >= 4 is 27.4 Å². The highest BCUT2D eigenvalue weighted by molar-refractivity contribution is 9.10. The van der Waals surface area contributed by atoms with E-state index in [0.717, 1.165) is 31.7 Å². The molecule has 1 aliphatic rings. The lowest BCUT2D eigenvalue weighted by Crippen LogP contribution is -2.40. The van der Waals surface area contributed by atoms with E-state index in [1.54, 1.807) is 6.92 Å². The molecule has 1 aliphatic heterocycles. The van der Waals surface area contributed by atoms with Crippen LogP contribution in [0.5, 0.6) is 0 Å². The summed E-state index contributed by atoms with van der Waals surface area (Å²) < 4.78 is 0.701. The molecule has 0 radical (unpaired) electrons. The van der Waals surface area contributed by atoms with Gasteiger partial charge in [-0.05, 0) is 35.7 Å². The SMILES string of the molecule is Cc1c([N+](=O)[O-])cnc(N2CCC(N)CC2)c1Br. The highest BCUT2D eigenvalue weighted by atomic mass is 79.9. The second kappa shape index (κ2) is 5.19. The van der Waals surface area contributed by atoms with Gasteiger partial charge in [-0.15, -0.1) is 0 Å². The van der Waals surface area contributed by atoms with Crippen LogP contribution in [0.2, 0.25) is 0 Å². The molecule has 1 saturated heterocycles. The van der Waals surface area contributed by atoms with Gasteiger partial charge in [-0.1, -0.05) is 0 Å². The highest BCUT2D eigenvalue weighted by Crippen LogP contribution is 2.33. The summed E-state index contributed by atoms with van der Waals surface area (Å²) in [6.45, 7) is 3.40. The molecule has 18 heavy (non-hydrogen) atoms. The number of aromatic nitrogens is 1. The van der Waals surface area contributed by atoms with Gasteiger partial charge in [-0.25, -0.2) is 4.98 Å². The van der Waals surface area contributed by atoms with E-state index in [9.17, 15) is 10.1 Å². The molecule has 0 unspecified atom stereocenters. The van der Waals surface area contributed by atoms with Crippen LogP contribution in [0.3, 0.4) is 0 Å². The van der Waals surface area contributed by atoms with E-state index in [4.69, 9.17) is 5.73 Å². The number of nitrogens with two attached hydrogens (primary N) is 1. The number of nitrogens with zero attached hydrogens (tertiary/aromatic N) is 3. The van der Waals surface area contributed by atoms with Crippen molar-refractivity contribution in [3.05, 3.63) is 26.3 Å². The quantitative estimate of drug-likeness (QED) is 0.666. The van der Waals surface area contributed by atoms with Gasteiger partial charge < -0.3 is 10.6 Å². The van der Waals surface area contributed by atoms with Gasteiger partial charge in [0, 0.05) is 24.7 Å². The minimum atomic E-state index is -0.414. The molecule has 2 rings (SSSR count). The molecule has 1 aromatic heterocycles. The lowest BCUT2D eigenvalue weighted by molar-refractivity contribution is -0.385. The van der Waals surface area contributed by atoms with Crippen LogP contribution >= 0.6 is 15.9 Å². The van der Waals surface area contributed by atoms with Gasteiger partial charge in [0.15, 0.2) is 0 Å². The van der Waals surface area contributed by atoms with Crippen molar-refractivity contribution in [2.75, 3.05) is 18.0 Å². The first-order chi connectivity index (χ1) is 8.50. The van der Waals surface area contributed by atoms with Gasteiger partial charge in [0.2, 0.25) is 0 Å². The molecule has 0 aromatic carbocycles. The maximum Gasteiger partial charge on any atom is 0.291 e. The molecular weight excluding hydrogens is 300 g/mol. The van der Waals surface area contributed by atoms with Crippen molar-refractivity contribution in [2.45, 2.75) is 25.8 Å². The van der Waals surface area contributed by atoms with Crippen molar-refractivity contribution in [1.29, 1.82) is 0 Å². The summed E-state index contributed by atoms with van der Waals surface area (Å²) in [7, 11) is 0. The van der Waals surface area contributed by atoms with E-state index < -0.39 is 4.92 Å². The van der Waals surface area contributed by atoms with Crippen LogP contribution in [0.15, 0.2) is 10.7 Å². The Morgan fingerprint density at radius 3 is 2.72 bits per heavy atom. The van der Waals surface area contributed by atoms with Gasteiger partial charge in [0.1, 0.15) is 12.0 Å². The number of rotatable bonds is 2. The average Bonchev–Trinajstić information content (AvgIpc) is 2.33. The Hall–Kier alpha value is -1.21. The van der Waals surface area contributed by atoms with Crippen LogP contribution in [0.1, 0.15) is 18.4 Å². The highest BCUT2D eigenvalue weighted by Gasteiger charge is 2.23. The fraction of sp³-hybridized carbons (Fsp3) is 0.545. The number of nitro groups is 1. The minimum Gasteiger partial charge on any atom is -0.356 e. The van der Waals surface area contributed by atoms with Crippen molar-refractivity contribution in [1.82, 2.24) is 4.98 Å². The summed E-state index contributed by atoms with van der Waals surface area (Å²) in [6.07, 6.45) is 3.16. The topological polar surface area (TPSA) is 85.3 Å². The molecule has 1 aromatic rings. The first-order valence-corrected chi connectivity index (χ1v) is 6.60. The first-order valence-electron chi connectivity index (χ1n) is 5.80. The van der Waals surface area contributed by atoms with E-state index in [-0.39, 0.29) is 11.7 Å². The van der Waals surface area contributed by atoms with Gasteiger partial charge >= 0.3 is 0 Å². The van der Waals surface area contributed by atoms with Gasteiger partial charge in [-0.3, -0.25) is 10.1 Å². The second-order valence-electron chi connectivity index (χ2n) is 4.49. The Balaban J connectivity index is 2.30. The van der Waals surface area contributed by atoms with Gasteiger partial charge in [0.25, 0.3) is 5.69 Å².